The number of rotatable bonds is 0. The van der Waals surface area contributed by atoms with Crippen molar-refractivity contribution in [1.29, 1.82) is 0 Å². The van der Waals surface area contributed by atoms with Crippen LogP contribution in [0.5, 0.6) is 0 Å². The van der Waals surface area contributed by atoms with Gasteiger partial charge in [-0.15, -0.1) is 0 Å². The van der Waals surface area contributed by atoms with Crippen molar-refractivity contribution >= 4 is 11.9 Å². The first kappa shape index (κ1) is 7.79. The molecule has 14 heavy (non-hydrogen) atoms. The van der Waals surface area contributed by atoms with Gasteiger partial charge in [-0.05, 0) is 6.08 Å². The summed E-state index contributed by atoms with van der Waals surface area (Å²) in [4.78, 5) is 22.9. The highest BCUT2D eigenvalue weighted by atomic mass is 16.6. The van der Waals surface area contributed by atoms with Gasteiger partial charge in [-0.3, -0.25) is 9.59 Å². The van der Waals surface area contributed by atoms with Crippen molar-refractivity contribution in [2.75, 3.05) is 6.61 Å². The molecule has 1 aliphatic carbocycles. The summed E-state index contributed by atoms with van der Waals surface area (Å²) in [6.45, 7) is 0.137. The molecule has 0 amide bonds. The number of ether oxygens (including phenoxy) is 2. The van der Waals surface area contributed by atoms with E-state index < -0.39 is 11.0 Å². The van der Waals surface area contributed by atoms with E-state index >= 15 is 0 Å². The van der Waals surface area contributed by atoms with Crippen LogP contribution in [0, 0.1) is 5.41 Å². The molecule has 4 nitrogen and oxygen atoms in total. The Kier molecular flexibility index (Phi) is 1.16. The van der Waals surface area contributed by atoms with E-state index in [0.29, 0.717) is 0 Å². The van der Waals surface area contributed by atoms with Crippen LogP contribution >= 0.6 is 0 Å². The SMILES string of the molecule is O=C1C[C@]23C=CC=C[C@]2(COC3=O)O1. The minimum atomic E-state index is -0.890. The van der Waals surface area contributed by atoms with Gasteiger partial charge < -0.3 is 9.47 Å². The normalized spacial score (nSPS) is 43.1. The van der Waals surface area contributed by atoms with E-state index in [2.05, 4.69) is 0 Å². The maximum Gasteiger partial charge on any atom is 0.321 e. The molecule has 0 saturated carbocycles. The third-order valence-corrected chi connectivity index (χ3v) is 3.11. The van der Waals surface area contributed by atoms with Gasteiger partial charge in [0.15, 0.2) is 5.60 Å². The molecule has 0 N–H and O–H groups in total. The van der Waals surface area contributed by atoms with Crippen molar-refractivity contribution < 1.29 is 19.1 Å². The first-order valence-electron chi connectivity index (χ1n) is 4.45. The second-order valence-electron chi connectivity index (χ2n) is 3.81. The van der Waals surface area contributed by atoms with E-state index in [4.69, 9.17) is 9.47 Å². The smallest absolute Gasteiger partial charge is 0.321 e. The van der Waals surface area contributed by atoms with Gasteiger partial charge >= 0.3 is 11.9 Å². The Bertz CT molecular complexity index is 395. The Morgan fingerprint density at radius 3 is 2.79 bits per heavy atom. The molecule has 3 aliphatic rings. The van der Waals surface area contributed by atoms with Crippen molar-refractivity contribution in [3.8, 4) is 0 Å². The zero-order chi connectivity index (χ0) is 9.81. The third kappa shape index (κ3) is 0.626. The van der Waals surface area contributed by atoms with E-state index in [1.54, 1.807) is 24.3 Å². The largest absolute Gasteiger partial charge is 0.460 e. The first-order valence-corrected chi connectivity index (χ1v) is 4.45. The molecule has 2 aliphatic heterocycles. The van der Waals surface area contributed by atoms with E-state index in [1.807, 2.05) is 0 Å². The van der Waals surface area contributed by atoms with Crippen LogP contribution in [0.2, 0.25) is 0 Å². The van der Waals surface area contributed by atoms with Crippen LogP contribution in [0.25, 0.3) is 0 Å². The summed E-state index contributed by atoms with van der Waals surface area (Å²) in [5.41, 5.74) is -1.76. The number of carbonyl (C=O) groups excluding carboxylic acids is 2. The number of esters is 2. The Balaban J connectivity index is 2.22. The van der Waals surface area contributed by atoms with Gasteiger partial charge in [-0.2, -0.15) is 0 Å². The van der Waals surface area contributed by atoms with Crippen molar-refractivity contribution in [3.63, 3.8) is 0 Å². The Labute approximate surface area is 80.2 Å². The molecule has 0 bridgehead atoms. The molecule has 0 radical (unpaired) electrons. The summed E-state index contributed by atoms with van der Waals surface area (Å²) in [6, 6.07) is 0. The summed E-state index contributed by atoms with van der Waals surface area (Å²) in [7, 11) is 0. The van der Waals surface area contributed by atoms with E-state index in [1.165, 1.54) is 0 Å². The van der Waals surface area contributed by atoms with Crippen LogP contribution in [-0.2, 0) is 19.1 Å². The van der Waals surface area contributed by atoms with Crippen molar-refractivity contribution in [3.05, 3.63) is 24.3 Å². The number of hydrogen-bond donors (Lipinski definition) is 0. The second-order valence-corrected chi connectivity index (χ2v) is 3.81. The molecule has 3 rings (SSSR count). The van der Waals surface area contributed by atoms with Gasteiger partial charge in [0.25, 0.3) is 0 Å². The summed E-state index contributed by atoms with van der Waals surface area (Å²) in [5, 5.41) is 0. The van der Waals surface area contributed by atoms with E-state index in [0.717, 1.165) is 0 Å². The summed E-state index contributed by atoms with van der Waals surface area (Å²) in [6.07, 6.45) is 7.08. The van der Waals surface area contributed by atoms with Gasteiger partial charge in [-0.25, -0.2) is 0 Å². The fourth-order valence-electron chi connectivity index (χ4n) is 2.34. The average Bonchev–Trinajstić information content (AvgIpc) is 2.60. The molecule has 0 aromatic carbocycles. The fraction of sp³-hybridized carbons (Fsp3) is 0.400. The highest BCUT2D eigenvalue weighted by Crippen LogP contribution is 2.53. The van der Waals surface area contributed by atoms with Crippen LogP contribution in [-0.4, -0.2) is 24.1 Å². The van der Waals surface area contributed by atoms with Gasteiger partial charge in [0.1, 0.15) is 12.0 Å². The minimum Gasteiger partial charge on any atom is -0.460 e. The molecule has 0 aromatic rings. The first-order chi connectivity index (χ1) is 6.69. The lowest BCUT2D eigenvalue weighted by Gasteiger charge is -2.29. The summed E-state index contributed by atoms with van der Waals surface area (Å²) < 4.78 is 10.2. The summed E-state index contributed by atoms with van der Waals surface area (Å²) >= 11 is 0. The maximum atomic E-state index is 11.6. The maximum absolute atomic E-state index is 11.6. The standard InChI is InChI=1S/C10H8O4/c11-7-5-9-3-1-2-4-10(9,14-7)6-13-8(9)12/h1-4H,5-6H2/t9-,10+/m0/s1. The van der Waals surface area contributed by atoms with Gasteiger partial charge in [0.05, 0.1) is 6.42 Å². The highest BCUT2D eigenvalue weighted by Gasteiger charge is 2.68. The second kappa shape index (κ2) is 2.08. The highest BCUT2D eigenvalue weighted by molar-refractivity contribution is 5.93. The third-order valence-electron chi connectivity index (χ3n) is 3.11. The van der Waals surface area contributed by atoms with Gasteiger partial charge in [0.2, 0.25) is 0 Å². The molecule has 0 spiro atoms. The molecular formula is C10H8O4. The molecule has 0 unspecified atom stereocenters. The number of allylic oxidation sites excluding steroid dienone is 2. The van der Waals surface area contributed by atoms with Crippen LogP contribution in [0.4, 0.5) is 0 Å². The van der Waals surface area contributed by atoms with E-state index in [9.17, 15) is 9.59 Å². The molecular weight excluding hydrogens is 184 g/mol. The molecule has 0 aromatic heterocycles. The molecule has 72 valence electrons. The molecule has 2 heterocycles. The van der Waals surface area contributed by atoms with Crippen molar-refractivity contribution in [1.82, 2.24) is 0 Å². The van der Waals surface area contributed by atoms with Crippen molar-refractivity contribution in [2.45, 2.75) is 12.0 Å². The average molecular weight is 192 g/mol. The lowest BCUT2D eigenvalue weighted by molar-refractivity contribution is -0.149. The number of cyclic esters (lactones) is 1. The number of hydrogen-bond acceptors (Lipinski definition) is 4. The van der Waals surface area contributed by atoms with Gasteiger partial charge in [0, 0.05) is 0 Å². The predicted molar refractivity (Wildman–Crippen MR) is 45.1 cm³/mol. The zero-order valence-corrected chi connectivity index (χ0v) is 7.36. The Morgan fingerprint density at radius 2 is 2.00 bits per heavy atom. The topological polar surface area (TPSA) is 52.6 Å². The Morgan fingerprint density at radius 1 is 1.21 bits per heavy atom. The van der Waals surface area contributed by atoms with Crippen LogP contribution in [0.3, 0.4) is 0 Å². The monoisotopic (exact) mass is 192 g/mol. The van der Waals surface area contributed by atoms with Crippen LogP contribution in [0.15, 0.2) is 24.3 Å². The van der Waals surface area contributed by atoms with Crippen molar-refractivity contribution in [2.24, 2.45) is 5.41 Å². The number of carbonyl (C=O) groups is 2. The zero-order valence-electron chi connectivity index (χ0n) is 7.36. The molecule has 4 heteroatoms. The molecule has 2 fully saturated rings. The van der Waals surface area contributed by atoms with E-state index in [-0.39, 0.29) is 25.0 Å². The lowest BCUT2D eigenvalue weighted by Crippen LogP contribution is -2.43. The molecule has 2 saturated heterocycles. The summed E-state index contributed by atoms with van der Waals surface area (Å²) in [5.74, 6) is -0.693. The van der Waals surface area contributed by atoms with Crippen LogP contribution < -0.4 is 0 Å². The fourth-order valence-corrected chi connectivity index (χ4v) is 2.34. The Hall–Kier alpha value is -1.58. The van der Waals surface area contributed by atoms with Crippen LogP contribution in [0.1, 0.15) is 6.42 Å². The predicted octanol–water partition coefficient (Wildman–Crippen LogP) is 0.341. The lowest BCUT2D eigenvalue weighted by atomic mass is 9.71. The van der Waals surface area contributed by atoms with Gasteiger partial charge in [-0.1, -0.05) is 18.2 Å². The minimum absolute atomic E-state index is 0.0900. The molecule has 2 atom stereocenters. The quantitative estimate of drug-likeness (QED) is 0.519.